The van der Waals surface area contributed by atoms with E-state index in [1.807, 2.05) is 24.4 Å². The highest BCUT2D eigenvalue weighted by atomic mass is 35.5. The summed E-state index contributed by atoms with van der Waals surface area (Å²) in [4.78, 5) is 11.8. The lowest BCUT2D eigenvalue weighted by atomic mass is 10.2. The maximum absolute atomic E-state index is 11.8. The van der Waals surface area contributed by atoms with E-state index in [1.54, 1.807) is 35.5 Å². The Hall–Kier alpha value is -2.73. The van der Waals surface area contributed by atoms with Crippen molar-refractivity contribution >= 4 is 17.6 Å². The largest absolute Gasteiger partial charge is 0.472 e. The molecule has 0 atom stereocenters. The van der Waals surface area contributed by atoms with Crippen molar-refractivity contribution < 1.29 is 9.21 Å². The first kappa shape index (κ1) is 16.1. The van der Waals surface area contributed by atoms with Crippen molar-refractivity contribution in [3.63, 3.8) is 0 Å². The molecule has 3 rings (SSSR count). The number of benzene rings is 1. The second-order valence-electron chi connectivity index (χ2n) is 5.24. The fourth-order valence-electron chi connectivity index (χ4n) is 2.19. The molecule has 2 amide bonds. The molecule has 0 saturated carbocycles. The van der Waals surface area contributed by atoms with Crippen LogP contribution in [0.1, 0.15) is 5.56 Å². The number of urea groups is 1. The number of carbonyl (C=O) groups is 1. The molecule has 2 N–H and O–H groups in total. The predicted molar refractivity (Wildman–Crippen MR) is 91.6 cm³/mol. The Bertz CT molecular complexity index is 781. The second kappa shape index (κ2) is 7.70. The van der Waals surface area contributed by atoms with E-state index in [0.29, 0.717) is 24.7 Å². The molecule has 2 aromatic heterocycles. The van der Waals surface area contributed by atoms with Gasteiger partial charge in [-0.1, -0.05) is 23.7 Å². The van der Waals surface area contributed by atoms with Crippen LogP contribution in [0.25, 0.3) is 11.1 Å². The minimum atomic E-state index is -0.216. The van der Waals surface area contributed by atoms with Gasteiger partial charge in [0.2, 0.25) is 0 Å². The molecule has 0 aliphatic rings. The summed E-state index contributed by atoms with van der Waals surface area (Å²) in [6, 6.07) is 9.02. The minimum Gasteiger partial charge on any atom is -0.472 e. The van der Waals surface area contributed by atoms with Gasteiger partial charge in [-0.25, -0.2) is 4.79 Å². The average molecular weight is 345 g/mol. The number of hydrogen-bond donors (Lipinski definition) is 2. The Balaban J connectivity index is 1.40. The lowest BCUT2D eigenvalue weighted by molar-refractivity contribution is 0.240. The van der Waals surface area contributed by atoms with Crippen molar-refractivity contribution in [2.24, 2.45) is 0 Å². The van der Waals surface area contributed by atoms with E-state index in [9.17, 15) is 4.79 Å². The van der Waals surface area contributed by atoms with Gasteiger partial charge in [0.15, 0.2) is 0 Å². The Labute approximate surface area is 144 Å². The van der Waals surface area contributed by atoms with Crippen molar-refractivity contribution in [2.75, 3.05) is 6.54 Å². The van der Waals surface area contributed by atoms with E-state index in [4.69, 9.17) is 16.0 Å². The summed E-state index contributed by atoms with van der Waals surface area (Å²) in [6.45, 7) is 1.53. The molecule has 0 bridgehead atoms. The van der Waals surface area contributed by atoms with E-state index in [1.165, 1.54) is 0 Å². The second-order valence-corrected chi connectivity index (χ2v) is 5.68. The molecular formula is C17H17ClN4O2. The summed E-state index contributed by atoms with van der Waals surface area (Å²) < 4.78 is 6.83. The van der Waals surface area contributed by atoms with Gasteiger partial charge < -0.3 is 15.1 Å². The van der Waals surface area contributed by atoms with Gasteiger partial charge in [0.05, 0.1) is 25.3 Å². The minimum absolute atomic E-state index is 0.216. The standard InChI is InChI=1S/C17H17ClN4O2/c18-16-3-1-13(2-4-16)9-20-17(23)19-6-7-22-11-15(10-21-22)14-5-8-24-12-14/h1-5,8,10-12H,6-7,9H2,(H2,19,20,23). The predicted octanol–water partition coefficient (Wildman–Crippen LogP) is 3.30. The molecule has 0 spiro atoms. The highest BCUT2D eigenvalue weighted by Crippen LogP contribution is 2.18. The quantitative estimate of drug-likeness (QED) is 0.720. The molecule has 1 aromatic carbocycles. The molecule has 0 fully saturated rings. The van der Waals surface area contributed by atoms with Gasteiger partial charge in [0, 0.05) is 35.4 Å². The molecule has 0 aliphatic carbocycles. The summed E-state index contributed by atoms with van der Waals surface area (Å²) in [5.74, 6) is 0. The van der Waals surface area contributed by atoms with Gasteiger partial charge in [-0.2, -0.15) is 5.10 Å². The topological polar surface area (TPSA) is 72.1 Å². The normalized spacial score (nSPS) is 10.5. The van der Waals surface area contributed by atoms with Gasteiger partial charge in [-0.15, -0.1) is 0 Å². The molecule has 24 heavy (non-hydrogen) atoms. The van der Waals surface area contributed by atoms with Gasteiger partial charge in [-0.05, 0) is 23.8 Å². The van der Waals surface area contributed by atoms with Crippen LogP contribution in [-0.4, -0.2) is 22.4 Å². The molecule has 6 nitrogen and oxygen atoms in total. The number of aromatic nitrogens is 2. The Kier molecular flexibility index (Phi) is 5.18. The highest BCUT2D eigenvalue weighted by Gasteiger charge is 2.04. The summed E-state index contributed by atoms with van der Waals surface area (Å²) >= 11 is 5.82. The molecule has 0 radical (unpaired) electrons. The van der Waals surface area contributed by atoms with Crippen LogP contribution < -0.4 is 10.6 Å². The number of amides is 2. The van der Waals surface area contributed by atoms with E-state index in [-0.39, 0.29) is 6.03 Å². The third-order valence-electron chi connectivity index (χ3n) is 3.48. The first-order valence-electron chi connectivity index (χ1n) is 7.52. The van der Waals surface area contributed by atoms with Crippen LogP contribution in [0.15, 0.2) is 59.7 Å². The SMILES string of the molecule is O=C(NCCn1cc(-c2ccoc2)cn1)NCc1ccc(Cl)cc1. The van der Waals surface area contributed by atoms with Crippen molar-refractivity contribution in [3.8, 4) is 11.1 Å². The van der Waals surface area contributed by atoms with Gasteiger partial charge in [0.25, 0.3) is 0 Å². The number of nitrogens with zero attached hydrogens (tertiary/aromatic N) is 2. The molecule has 0 saturated heterocycles. The van der Waals surface area contributed by atoms with Gasteiger partial charge in [-0.3, -0.25) is 4.68 Å². The zero-order valence-corrected chi connectivity index (χ0v) is 13.7. The Morgan fingerprint density at radius 2 is 2.00 bits per heavy atom. The molecule has 124 valence electrons. The first-order valence-corrected chi connectivity index (χ1v) is 7.90. The maximum atomic E-state index is 11.8. The van der Waals surface area contributed by atoms with Crippen LogP contribution >= 0.6 is 11.6 Å². The van der Waals surface area contributed by atoms with E-state index in [2.05, 4.69) is 15.7 Å². The third-order valence-corrected chi connectivity index (χ3v) is 3.73. The maximum Gasteiger partial charge on any atom is 0.315 e. The van der Waals surface area contributed by atoms with E-state index in [0.717, 1.165) is 16.7 Å². The third kappa shape index (κ3) is 4.39. The highest BCUT2D eigenvalue weighted by molar-refractivity contribution is 6.30. The lowest BCUT2D eigenvalue weighted by Crippen LogP contribution is -2.36. The Morgan fingerprint density at radius 3 is 2.75 bits per heavy atom. The fourth-order valence-corrected chi connectivity index (χ4v) is 2.32. The Morgan fingerprint density at radius 1 is 1.17 bits per heavy atom. The lowest BCUT2D eigenvalue weighted by Gasteiger charge is -2.08. The summed E-state index contributed by atoms with van der Waals surface area (Å²) in [7, 11) is 0. The number of furan rings is 1. The number of carbonyl (C=O) groups excluding carboxylic acids is 1. The summed E-state index contributed by atoms with van der Waals surface area (Å²) in [5.41, 5.74) is 2.96. The number of hydrogen-bond acceptors (Lipinski definition) is 3. The van der Waals surface area contributed by atoms with Crippen LogP contribution in [-0.2, 0) is 13.1 Å². The van der Waals surface area contributed by atoms with E-state index >= 15 is 0 Å². The van der Waals surface area contributed by atoms with E-state index < -0.39 is 0 Å². The van der Waals surface area contributed by atoms with Crippen molar-refractivity contribution in [1.29, 1.82) is 0 Å². The first-order chi connectivity index (χ1) is 11.7. The summed E-state index contributed by atoms with van der Waals surface area (Å²) in [5, 5.41) is 10.5. The van der Waals surface area contributed by atoms with Crippen LogP contribution in [0.5, 0.6) is 0 Å². The monoisotopic (exact) mass is 344 g/mol. The van der Waals surface area contributed by atoms with Gasteiger partial charge in [0.1, 0.15) is 0 Å². The molecule has 2 heterocycles. The zero-order chi connectivity index (χ0) is 16.8. The smallest absolute Gasteiger partial charge is 0.315 e. The van der Waals surface area contributed by atoms with Gasteiger partial charge >= 0.3 is 6.03 Å². The fraction of sp³-hybridized carbons (Fsp3) is 0.176. The molecule has 0 aliphatic heterocycles. The molecule has 7 heteroatoms. The van der Waals surface area contributed by atoms with Crippen LogP contribution in [0.3, 0.4) is 0 Å². The van der Waals surface area contributed by atoms with Crippen LogP contribution in [0.4, 0.5) is 4.79 Å². The van der Waals surface area contributed by atoms with Crippen molar-refractivity contribution in [3.05, 3.63) is 65.8 Å². The van der Waals surface area contributed by atoms with Crippen molar-refractivity contribution in [1.82, 2.24) is 20.4 Å². The zero-order valence-electron chi connectivity index (χ0n) is 12.9. The van der Waals surface area contributed by atoms with Crippen LogP contribution in [0.2, 0.25) is 5.02 Å². The number of halogens is 1. The van der Waals surface area contributed by atoms with Crippen molar-refractivity contribution in [2.45, 2.75) is 13.1 Å². The number of nitrogens with one attached hydrogen (secondary N) is 2. The number of rotatable bonds is 6. The molecule has 3 aromatic rings. The molecule has 0 unspecified atom stereocenters. The average Bonchev–Trinajstić information content (AvgIpc) is 3.25. The summed E-state index contributed by atoms with van der Waals surface area (Å²) in [6.07, 6.45) is 6.98. The molecular weight excluding hydrogens is 328 g/mol. The van der Waals surface area contributed by atoms with Crippen LogP contribution in [0, 0.1) is 0 Å².